The first kappa shape index (κ1) is 13.3. The standard InChI is InChI=1S/C14H18N4O/c1-11(2)12-4-3-5-13(8-12)17-14(19)6-7-18-10-15-9-16-18/h3-5,8-11H,6-7H2,1-2H3,(H,17,19). The van der Waals surface area contributed by atoms with Crippen LogP contribution < -0.4 is 5.32 Å². The van der Waals surface area contributed by atoms with E-state index in [1.165, 1.54) is 11.9 Å². The van der Waals surface area contributed by atoms with E-state index in [0.29, 0.717) is 18.9 Å². The van der Waals surface area contributed by atoms with Crippen molar-refractivity contribution in [2.75, 3.05) is 5.32 Å². The summed E-state index contributed by atoms with van der Waals surface area (Å²) in [6, 6.07) is 7.94. The average Bonchev–Trinajstić information content (AvgIpc) is 2.90. The lowest BCUT2D eigenvalue weighted by Gasteiger charge is -2.09. The molecule has 19 heavy (non-hydrogen) atoms. The van der Waals surface area contributed by atoms with Crippen molar-refractivity contribution >= 4 is 11.6 Å². The highest BCUT2D eigenvalue weighted by Gasteiger charge is 2.05. The number of aryl methyl sites for hydroxylation is 1. The fraction of sp³-hybridized carbons (Fsp3) is 0.357. The van der Waals surface area contributed by atoms with Crippen molar-refractivity contribution in [2.45, 2.75) is 32.7 Å². The number of nitrogens with zero attached hydrogens (tertiary/aromatic N) is 3. The van der Waals surface area contributed by atoms with Gasteiger partial charge in [0.25, 0.3) is 0 Å². The molecule has 0 bridgehead atoms. The van der Waals surface area contributed by atoms with Crippen LogP contribution in [0.5, 0.6) is 0 Å². The zero-order chi connectivity index (χ0) is 13.7. The fourth-order valence-corrected chi connectivity index (χ4v) is 1.76. The van der Waals surface area contributed by atoms with E-state index in [0.717, 1.165) is 5.69 Å². The molecule has 1 aromatic heterocycles. The molecule has 1 N–H and O–H groups in total. The summed E-state index contributed by atoms with van der Waals surface area (Å²) in [6.07, 6.45) is 3.45. The number of carbonyl (C=O) groups excluding carboxylic acids is 1. The zero-order valence-electron chi connectivity index (χ0n) is 11.2. The second-order valence-electron chi connectivity index (χ2n) is 4.74. The van der Waals surface area contributed by atoms with Crippen LogP contribution in [0.15, 0.2) is 36.9 Å². The smallest absolute Gasteiger partial charge is 0.226 e. The van der Waals surface area contributed by atoms with E-state index in [1.54, 1.807) is 11.0 Å². The normalized spacial score (nSPS) is 10.7. The molecule has 0 saturated carbocycles. The van der Waals surface area contributed by atoms with Crippen LogP contribution in [-0.4, -0.2) is 20.7 Å². The Morgan fingerprint density at radius 3 is 2.95 bits per heavy atom. The van der Waals surface area contributed by atoms with Gasteiger partial charge in [0.15, 0.2) is 0 Å². The summed E-state index contributed by atoms with van der Waals surface area (Å²) >= 11 is 0. The van der Waals surface area contributed by atoms with E-state index in [1.807, 2.05) is 18.2 Å². The van der Waals surface area contributed by atoms with Gasteiger partial charge >= 0.3 is 0 Å². The number of carbonyl (C=O) groups is 1. The Morgan fingerprint density at radius 2 is 2.26 bits per heavy atom. The third-order valence-electron chi connectivity index (χ3n) is 2.87. The predicted octanol–water partition coefficient (Wildman–Crippen LogP) is 2.43. The van der Waals surface area contributed by atoms with Crippen LogP contribution in [-0.2, 0) is 11.3 Å². The third kappa shape index (κ3) is 3.91. The van der Waals surface area contributed by atoms with Crippen LogP contribution in [0.1, 0.15) is 31.7 Å². The lowest BCUT2D eigenvalue weighted by atomic mass is 10.0. The van der Waals surface area contributed by atoms with Gasteiger partial charge in [0.2, 0.25) is 5.91 Å². The summed E-state index contributed by atoms with van der Waals surface area (Å²) in [4.78, 5) is 15.7. The van der Waals surface area contributed by atoms with Gasteiger partial charge in [0.05, 0.1) is 6.54 Å². The summed E-state index contributed by atoms with van der Waals surface area (Å²) in [7, 11) is 0. The molecular weight excluding hydrogens is 240 g/mol. The number of nitrogens with one attached hydrogen (secondary N) is 1. The molecule has 5 nitrogen and oxygen atoms in total. The molecule has 100 valence electrons. The highest BCUT2D eigenvalue weighted by molar-refractivity contribution is 5.90. The van der Waals surface area contributed by atoms with Crippen LogP contribution in [0.4, 0.5) is 5.69 Å². The van der Waals surface area contributed by atoms with E-state index in [9.17, 15) is 4.79 Å². The second kappa shape index (κ2) is 6.13. The number of anilines is 1. The molecule has 5 heteroatoms. The summed E-state index contributed by atoms with van der Waals surface area (Å²) in [5.41, 5.74) is 2.06. The zero-order valence-corrected chi connectivity index (χ0v) is 11.2. The van der Waals surface area contributed by atoms with Gasteiger partial charge in [-0.2, -0.15) is 5.10 Å². The Morgan fingerprint density at radius 1 is 1.42 bits per heavy atom. The Kier molecular flexibility index (Phi) is 4.28. The van der Waals surface area contributed by atoms with Crippen molar-refractivity contribution in [2.24, 2.45) is 0 Å². The molecule has 0 aliphatic heterocycles. The summed E-state index contributed by atoms with van der Waals surface area (Å²) < 4.78 is 1.64. The van der Waals surface area contributed by atoms with Crippen LogP contribution in [0.3, 0.4) is 0 Å². The molecule has 0 aliphatic rings. The Hall–Kier alpha value is -2.17. The van der Waals surface area contributed by atoms with Gasteiger partial charge in [-0.25, -0.2) is 4.98 Å². The Balaban J connectivity index is 1.89. The summed E-state index contributed by atoms with van der Waals surface area (Å²) in [6.45, 7) is 4.80. The van der Waals surface area contributed by atoms with Gasteiger partial charge in [-0.15, -0.1) is 0 Å². The number of rotatable bonds is 5. The predicted molar refractivity (Wildman–Crippen MR) is 73.8 cm³/mol. The molecule has 0 fully saturated rings. The van der Waals surface area contributed by atoms with Crippen molar-refractivity contribution in [3.05, 3.63) is 42.5 Å². The third-order valence-corrected chi connectivity index (χ3v) is 2.87. The maximum absolute atomic E-state index is 11.8. The van der Waals surface area contributed by atoms with Gasteiger partial charge in [0.1, 0.15) is 12.7 Å². The molecule has 2 aromatic rings. The van der Waals surface area contributed by atoms with Crippen molar-refractivity contribution < 1.29 is 4.79 Å². The molecule has 1 heterocycles. The number of benzene rings is 1. The lowest BCUT2D eigenvalue weighted by Crippen LogP contribution is -2.14. The molecule has 0 saturated heterocycles. The highest BCUT2D eigenvalue weighted by Crippen LogP contribution is 2.18. The van der Waals surface area contributed by atoms with Gasteiger partial charge in [-0.3, -0.25) is 9.48 Å². The first-order chi connectivity index (χ1) is 9.15. The van der Waals surface area contributed by atoms with Gasteiger partial charge in [0, 0.05) is 12.1 Å². The van der Waals surface area contributed by atoms with E-state index in [2.05, 4.69) is 35.3 Å². The Bertz CT molecular complexity index is 534. The average molecular weight is 258 g/mol. The minimum absolute atomic E-state index is 0.0172. The molecule has 0 unspecified atom stereocenters. The molecule has 2 rings (SSSR count). The maximum Gasteiger partial charge on any atom is 0.226 e. The topological polar surface area (TPSA) is 59.8 Å². The summed E-state index contributed by atoms with van der Waals surface area (Å²) in [5.74, 6) is 0.434. The van der Waals surface area contributed by atoms with Gasteiger partial charge in [-0.05, 0) is 23.6 Å². The molecule has 1 amide bonds. The van der Waals surface area contributed by atoms with Crippen LogP contribution >= 0.6 is 0 Å². The van der Waals surface area contributed by atoms with E-state index < -0.39 is 0 Å². The minimum atomic E-state index is -0.0172. The van der Waals surface area contributed by atoms with Crippen molar-refractivity contribution in [1.82, 2.24) is 14.8 Å². The lowest BCUT2D eigenvalue weighted by molar-refractivity contribution is -0.116. The van der Waals surface area contributed by atoms with Crippen LogP contribution in [0, 0.1) is 0 Å². The largest absolute Gasteiger partial charge is 0.326 e. The number of hydrogen-bond acceptors (Lipinski definition) is 3. The van der Waals surface area contributed by atoms with E-state index in [4.69, 9.17) is 0 Å². The molecule has 1 aromatic carbocycles. The molecule has 0 radical (unpaired) electrons. The van der Waals surface area contributed by atoms with E-state index in [-0.39, 0.29) is 5.91 Å². The van der Waals surface area contributed by atoms with Gasteiger partial charge < -0.3 is 5.32 Å². The molecular formula is C14H18N4O. The molecule has 0 spiro atoms. The second-order valence-corrected chi connectivity index (χ2v) is 4.74. The maximum atomic E-state index is 11.8. The number of aromatic nitrogens is 3. The summed E-state index contributed by atoms with van der Waals surface area (Å²) in [5, 5.41) is 6.86. The SMILES string of the molecule is CC(C)c1cccc(NC(=O)CCn2cncn2)c1. The fourth-order valence-electron chi connectivity index (χ4n) is 1.76. The number of amides is 1. The van der Waals surface area contributed by atoms with Crippen LogP contribution in [0.2, 0.25) is 0 Å². The Labute approximate surface area is 112 Å². The van der Waals surface area contributed by atoms with Crippen molar-refractivity contribution in [3.63, 3.8) is 0 Å². The molecule has 0 aliphatic carbocycles. The molecule has 0 atom stereocenters. The highest BCUT2D eigenvalue weighted by atomic mass is 16.1. The van der Waals surface area contributed by atoms with Gasteiger partial charge in [-0.1, -0.05) is 26.0 Å². The van der Waals surface area contributed by atoms with Crippen molar-refractivity contribution in [3.8, 4) is 0 Å². The van der Waals surface area contributed by atoms with Crippen LogP contribution in [0.25, 0.3) is 0 Å². The monoisotopic (exact) mass is 258 g/mol. The first-order valence-electron chi connectivity index (χ1n) is 6.37. The first-order valence-corrected chi connectivity index (χ1v) is 6.37. The quantitative estimate of drug-likeness (QED) is 0.896. The van der Waals surface area contributed by atoms with E-state index >= 15 is 0 Å². The minimum Gasteiger partial charge on any atom is -0.326 e. The number of hydrogen-bond donors (Lipinski definition) is 1. The van der Waals surface area contributed by atoms with Crippen molar-refractivity contribution in [1.29, 1.82) is 0 Å².